The van der Waals surface area contributed by atoms with E-state index >= 15 is 0 Å². The minimum atomic E-state index is 0.473. The normalized spacial score (nSPS) is 13.1. The van der Waals surface area contributed by atoms with Gasteiger partial charge in [-0.25, -0.2) is 0 Å². The second kappa shape index (κ2) is 5.76. The van der Waals surface area contributed by atoms with E-state index in [0.29, 0.717) is 12.0 Å². The first-order valence-corrected chi connectivity index (χ1v) is 5.37. The minimum absolute atomic E-state index is 0.473. The SMILES string of the molecule is CCC(NCC(C)C)c1ccncc1. The molecule has 2 heteroatoms. The Morgan fingerprint density at radius 3 is 2.43 bits per heavy atom. The quantitative estimate of drug-likeness (QED) is 0.776. The molecule has 1 aromatic rings. The van der Waals surface area contributed by atoms with E-state index in [0.717, 1.165) is 13.0 Å². The van der Waals surface area contributed by atoms with E-state index in [-0.39, 0.29) is 0 Å². The lowest BCUT2D eigenvalue weighted by molar-refractivity contribution is 0.464. The van der Waals surface area contributed by atoms with Gasteiger partial charge in [-0.1, -0.05) is 20.8 Å². The first kappa shape index (κ1) is 11.2. The van der Waals surface area contributed by atoms with Crippen LogP contribution in [0.4, 0.5) is 0 Å². The Kier molecular flexibility index (Phi) is 4.60. The molecular weight excluding hydrogens is 172 g/mol. The molecule has 1 heterocycles. The van der Waals surface area contributed by atoms with Crippen molar-refractivity contribution in [3.63, 3.8) is 0 Å². The maximum Gasteiger partial charge on any atom is 0.0318 e. The number of nitrogens with one attached hydrogen (secondary N) is 1. The van der Waals surface area contributed by atoms with E-state index in [9.17, 15) is 0 Å². The van der Waals surface area contributed by atoms with Crippen LogP contribution in [0.3, 0.4) is 0 Å². The second-order valence-corrected chi connectivity index (χ2v) is 4.04. The maximum absolute atomic E-state index is 4.03. The highest BCUT2D eigenvalue weighted by atomic mass is 14.9. The van der Waals surface area contributed by atoms with Gasteiger partial charge in [-0.3, -0.25) is 4.98 Å². The van der Waals surface area contributed by atoms with E-state index in [1.807, 2.05) is 12.4 Å². The summed E-state index contributed by atoms with van der Waals surface area (Å²) in [5.74, 6) is 0.700. The fourth-order valence-electron chi connectivity index (χ4n) is 1.47. The van der Waals surface area contributed by atoms with Gasteiger partial charge in [0.15, 0.2) is 0 Å². The Bertz CT molecular complexity index is 244. The summed E-state index contributed by atoms with van der Waals surface area (Å²) >= 11 is 0. The topological polar surface area (TPSA) is 24.9 Å². The molecule has 0 aliphatic heterocycles. The number of rotatable bonds is 5. The van der Waals surface area contributed by atoms with Gasteiger partial charge in [0.05, 0.1) is 0 Å². The van der Waals surface area contributed by atoms with Crippen molar-refractivity contribution in [2.75, 3.05) is 6.54 Å². The molecule has 1 aromatic heterocycles. The molecule has 14 heavy (non-hydrogen) atoms. The van der Waals surface area contributed by atoms with Gasteiger partial charge in [-0.15, -0.1) is 0 Å². The van der Waals surface area contributed by atoms with E-state index in [4.69, 9.17) is 0 Å². The lowest BCUT2D eigenvalue weighted by atomic mass is 10.1. The third kappa shape index (κ3) is 3.46. The van der Waals surface area contributed by atoms with Crippen LogP contribution >= 0.6 is 0 Å². The fraction of sp³-hybridized carbons (Fsp3) is 0.583. The third-order valence-electron chi connectivity index (χ3n) is 2.29. The molecule has 78 valence electrons. The minimum Gasteiger partial charge on any atom is -0.310 e. The predicted octanol–water partition coefficient (Wildman–Crippen LogP) is 2.78. The second-order valence-electron chi connectivity index (χ2n) is 4.04. The lowest BCUT2D eigenvalue weighted by Gasteiger charge is -2.18. The van der Waals surface area contributed by atoms with Crippen molar-refractivity contribution in [3.05, 3.63) is 30.1 Å². The molecule has 0 saturated carbocycles. The lowest BCUT2D eigenvalue weighted by Crippen LogP contribution is -2.24. The highest BCUT2D eigenvalue weighted by Crippen LogP contribution is 2.15. The summed E-state index contributed by atoms with van der Waals surface area (Å²) in [6.07, 6.45) is 4.83. The van der Waals surface area contributed by atoms with Gasteiger partial charge in [0.25, 0.3) is 0 Å². The summed E-state index contributed by atoms with van der Waals surface area (Å²) in [4.78, 5) is 4.03. The van der Waals surface area contributed by atoms with Crippen molar-refractivity contribution in [1.29, 1.82) is 0 Å². The molecule has 1 N–H and O–H groups in total. The van der Waals surface area contributed by atoms with Crippen molar-refractivity contribution >= 4 is 0 Å². The molecule has 0 bridgehead atoms. The third-order valence-corrected chi connectivity index (χ3v) is 2.29. The number of hydrogen-bond donors (Lipinski definition) is 1. The Morgan fingerprint density at radius 2 is 1.93 bits per heavy atom. The summed E-state index contributed by atoms with van der Waals surface area (Å²) in [5, 5.41) is 3.56. The van der Waals surface area contributed by atoms with Crippen molar-refractivity contribution in [3.8, 4) is 0 Å². The zero-order valence-electron chi connectivity index (χ0n) is 9.33. The number of aromatic nitrogens is 1. The van der Waals surface area contributed by atoms with Crippen molar-refractivity contribution in [1.82, 2.24) is 10.3 Å². The molecule has 1 atom stereocenters. The predicted molar refractivity (Wildman–Crippen MR) is 60.1 cm³/mol. The molecule has 2 nitrogen and oxygen atoms in total. The number of hydrogen-bond acceptors (Lipinski definition) is 2. The van der Waals surface area contributed by atoms with Crippen LogP contribution in [0.25, 0.3) is 0 Å². The zero-order valence-corrected chi connectivity index (χ0v) is 9.33. The summed E-state index contributed by atoms with van der Waals surface area (Å²) in [5.41, 5.74) is 1.34. The first-order valence-electron chi connectivity index (χ1n) is 5.37. The van der Waals surface area contributed by atoms with Gasteiger partial charge >= 0.3 is 0 Å². The zero-order chi connectivity index (χ0) is 10.4. The van der Waals surface area contributed by atoms with Crippen molar-refractivity contribution < 1.29 is 0 Å². The van der Waals surface area contributed by atoms with Crippen LogP contribution in [0.2, 0.25) is 0 Å². The molecule has 0 fully saturated rings. The standard InChI is InChI=1S/C12H20N2/c1-4-12(14-9-10(2)3)11-5-7-13-8-6-11/h5-8,10,12,14H,4,9H2,1-3H3. The molecule has 0 spiro atoms. The van der Waals surface area contributed by atoms with E-state index in [1.165, 1.54) is 5.56 Å². The van der Waals surface area contributed by atoms with Crippen molar-refractivity contribution in [2.45, 2.75) is 33.2 Å². The summed E-state index contributed by atoms with van der Waals surface area (Å²) in [6.45, 7) is 7.73. The Hall–Kier alpha value is -0.890. The molecule has 1 rings (SSSR count). The van der Waals surface area contributed by atoms with Crippen LogP contribution in [0.5, 0.6) is 0 Å². The van der Waals surface area contributed by atoms with Gasteiger partial charge in [-0.2, -0.15) is 0 Å². The van der Waals surface area contributed by atoms with Crippen LogP contribution in [0.15, 0.2) is 24.5 Å². The Labute approximate surface area is 86.8 Å². The molecule has 0 aromatic carbocycles. The molecule has 0 amide bonds. The highest BCUT2D eigenvalue weighted by Gasteiger charge is 2.07. The molecule has 0 aliphatic rings. The van der Waals surface area contributed by atoms with Gasteiger partial charge in [0.1, 0.15) is 0 Å². The molecule has 1 unspecified atom stereocenters. The molecular formula is C12H20N2. The molecule has 0 saturated heterocycles. The smallest absolute Gasteiger partial charge is 0.0318 e. The molecule has 0 aliphatic carbocycles. The average molecular weight is 192 g/mol. The number of nitrogens with zero attached hydrogens (tertiary/aromatic N) is 1. The van der Waals surface area contributed by atoms with Gasteiger partial charge in [0, 0.05) is 18.4 Å². The van der Waals surface area contributed by atoms with Crippen LogP contribution in [0.1, 0.15) is 38.8 Å². The van der Waals surface area contributed by atoms with Gasteiger partial charge in [0.2, 0.25) is 0 Å². The van der Waals surface area contributed by atoms with Crippen LogP contribution in [-0.2, 0) is 0 Å². The Balaban J connectivity index is 2.54. The highest BCUT2D eigenvalue weighted by molar-refractivity contribution is 5.14. The van der Waals surface area contributed by atoms with E-state index < -0.39 is 0 Å². The van der Waals surface area contributed by atoms with Crippen LogP contribution in [0, 0.1) is 5.92 Å². The van der Waals surface area contributed by atoms with Crippen LogP contribution < -0.4 is 5.32 Å². The largest absolute Gasteiger partial charge is 0.310 e. The van der Waals surface area contributed by atoms with Crippen LogP contribution in [-0.4, -0.2) is 11.5 Å². The summed E-state index contributed by atoms with van der Waals surface area (Å²) < 4.78 is 0. The van der Waals surface area contributed by atoms with Gasteiger partial charge in [-0.05, 0) is 36.6 Å². The Morgan fingerprint density at radius 1 is 1.29 bits per heavy atom. The summed E-state index contributed by atoms with van der Waals surface area (Å²) in [7, 11) is 0. The van der Waals surface area contributed by atoms with Gasteiger partial charge < -0.3 is 5.32 Å². The van der Waals surface area contributed by atoms with E-state index in [1.54, 1.807) is 0 Å². The van der Waals surface area contributed by atoms with Crippen molar-refractivity contribution in [2.24, 2.45) is 5.92 Å². The average Bonchev–Trinajstić information content (AvgIpc) is 2.20. The monoisotopic (exact) mass is 192 g/mol. The molecule has 0 radical (unpaired) electrons. The maximum atomic E-state index is 4.03. The first-order chi connectivity index (χ1) is 6.74. The van der Waals surface area contributed by atoms with E-state index in [2.05, 4.69) is 43.2 Å². The number of pyridine rings is 1. The fourth-order valence-corrected chi connectivity index (χ4v) is 1.47. The summed E-state index contributed by atoms with van der Waals surface area (Å²) in [6, 6.07) is 4.64.